The predicted molar refractivity (Wildman–Crippen MR) is 89.5 cm³/mol. The molecule has 0 radical (unpaired) electrons. The summed E-state index contributed by atoms with van der Waals surface area (Å²) in [5.74, 6) is -0.149. The third-order valence-electron chi connectivity index (χ3n) is 4.71. The maximum atomic E-state index is 12.9. The van der Waals surface area contributed by atoms with Crippen molar-refractivity contribution in [3.05, 3.63) is 0 Å². The summed E-state index contributed by atoms with van der Waals surface area (Å²) in [5, 5.41) is 5.60. The summed E-state index contributed by atoms with van der Waals surface area (Å²) in [7, 11) is 1.69. The van der Waals surface area contributed by atoms with E-state index in [1.165, 1.54) is 0 Å². The van der Waals surface area contributed by atoms with Gasteiger partial charge in [0.2, 0.25) is 17.7 Å². The second-order valence-corrected chi connectivity index (χ2v) is 8.21. The van der Waals surface area contributed by atoms with Crippen LogP contribution in [0.2, 0.25) is 0 Å². The SMILES string of the molecule is CN[C@@H](C)C(=O)NC1CCS[C@H]2CC(C)(C)C(C(N)=O)N2C1=O. The molecule has 0 aliphatic carbocycles. The molecule has 0 spiro atoms. The number of nitrogens with one attached hydrogen (secondary N) is 2. The van der Waals surface area contributed by atoms with E-state index in [0.717, 1.165) is 12.2 Å². The van der Waals surface area contributed by atoms with E-state index in [1.807, 2.05) is 13.8 Å². The fourth-order valence-electron chi connectivity index (χ4n) is 3.32. The Morgan fingerprint density at radius 1 is 1.43 bits per heavy atom. The van der Waals surface area contributed by atoms with Gasteiger partial charge in [-0.1, -0.05) is 13.8 Å². The third-order valence-corrected chi connectivity index (χ3v) is 5.96. The number of carbonyl (C=O) groups excluding carboxylic acids is 3. The van der Waals surface area contributed by atoms with Crippen molar-refractivity contribution in [2.24, 2.45) is 11.1 Å². The molecule has 2 rings (SSSR count). The highest BCUT2D eigenvalue weighted by Crippen LogP contribution is 2.45. The fraction of sp³-hybridized carbons (Fsp3) is 0.800. The Labute approximate surface area is 141 Å². The number of nitrogens with zero attached hydrogens (tertiary/aromatic N) is 1. The van der Waals surface area contributed by atoms with Gasteiger partial charge in [-0.3, -0.25) is 14.4 Å². The highest BCUT2D eigenvalue weighted by atomic mass is 32.2. The van der Waals surface area contributed by atoms with Gasteiger partial charge in [-0.15, -0.1) is 11.8 Å². The summed E-state index contributed by atoms with van der Waals surface area (Å²) in [6.45, 7) is 5.66. The molecular weight excluding hydrogens is 316 g/mol. The molecule has 0 aromatic heterocycles. The molecular formula is C15H26N4O3S. The summed E-state index contributed by atoms with van der Waals surface area (Å²) in [6, 6.07) is -1.62. The second kappa shape index (κ2) is 6.68. The van der Waals surface area contributed by atoms with Gasteiger partial charge in [-0.25, -0.2) is 0 Å². The number of likely N-dealkylation sites (N-methyl/N-ethyl adjacent to an activating group) is 1. The standard InChI is InChI=1S/C15H26N4O3S/c1-8(17-4)13(21)18-9-5-6-23-10-7-15(2,3)11(12(16)20)19(10)14(9)22/h8-11,17H,5-7H2,1-4H3,(H2,16,20)(H,18,21)/t8-,9?,10-,11?/m0/s1. The zero-order valence-electron chi connectivity index (χ0n) is 14.1. The van der Waals surface area contributed by atoms with E-state index in [2.05, 4.69) is 10.6 Å². The molecule has 0 aromatic rings. The summed E-state index contributed by atoms with van der Waals surface area (Å²) >= 11 is 1.66. The number of fused-ring (bicyclic) bond motifs is 1. The molecule has 4 N–H and O–H groups in total. The minimum atomic E-state index is -0.633. The summed E-state index contributed by atoms with van der Waals surface area (Å²) < 4.78 is 0. The lowest BCUT2D eigenvalue weighted by atomic mass is 9.84. The van der Waals surface area contributed by atoms with Gasteiger partial charge in [0.25, 0.3) is 0 Å². The molecule has 0 bridgehead atoms. The lowest BCUT2D eigenvalue weighted by Crippen LogP contribution is -2.57. The van der Waals surface area contributed by atoms with Crippen molar-refractivity contribution < 1.29 is 14.4 Å². The van der Waals surface area contributed by atoms with E-state index in [1.54, 1.807) is 30.6 Å². The largest absolute Gasteiger partial charge is 0.368 e. The molecule has 0 aromatic carbocycles. The van der Waals surface area contributed by atoms with Crippen LogP contribution in [0.1, 0.15) is 33.6 Å². The third kappa shape index (κ3) is 3.47. The average molecular weight is 342 g/mol. The molecule has 2 heterocycles. The van der Waals surface area contributed by atoms with Crippen LogP contribution in [0.4, 0.5) is 0 Å². The number of hydrogen-bond acceptors (Lipinski definition) is 5. The average Bonchev–Trinajstić information content (AvgIpc) is 2.66. The quantitative estimate of drug-likeness (QED) is 0.648. The molecule has 7 nitrogen and oxygen atoms in total. The summed E-state index contributed by atoms with van der Waals surface area (Å²) in [5.41, 5.74) is 5.21. The van der Waals surface area contributed by atoms with Crippen LogP contribution < -0.4 is 16.4 Å². The van der Waals surface area contributed by atoms with E-state index in [0.29, 0.717) is 6.42 Å². The van der Waals surface area contributed by atoms with E-state index < -0.39 is 18.0 Å². The minimum absolute atomic E-state index is 0.0568. The van der Waals surface area contributed by atoms with Gasteiger partial charge >= 0.3 is 0 Å². The monoisotopic (exact) mass is 342 g/mol. The summed E-state index contributed by atoms with van der Waals surface area (Å²) in [4.78, 5) is 38.6. The number of amides is 3. The Morgan fingerprint density at radius 2 is 2.09 bits per heavy atom. The maximum Gasteiger partial charge on any atom is 0.246 e. The molecule has 2 unspecified atom stereocenters. The van der Waals surface area contributed by atoms with Crippen LogP contribution in [0, 0.1) is 5.41 Å². The molecule has 130 valence electrons. The molecule has 4 atom stereocenters. The number of primary amides is 1. The molecule has 3 amide bonds. The molecule has 8 heteroatoms. The van der Waals surface area contributed by atoms with Crippen molar-refractivity contribution in [3.8, 4) is 0 Å². The second-order valence-electron chi connectivity index (χ2n) is 6.93. The van der Waals surface area contributed by atoms with E-state index >= 15 is 0 Å². The van der Waals surface area contributed by atoms with Crippen molar-refractivity contribution in [2.45, 2.75) is 57.1 Å². The lowest BCUT2D eigenvalue weighted by Gasteiger charge is -2.32. The Bertz CT molecular complexity index is 511. The first-order valence-electron chi connectivity index (χ1n) is 7.89. The van der Waals surface area contributed by atoms with Crippen LogP contribution in [0.25, 0.3) is 0 Å². The first-order valence-corrected chi connectivity index (χ1v) is 8.94. The van der Waals surface area contributed by atoms with Gasteiger partial charge in [0, 0.05) is 0 Å². The van der Waals surface area contributed by atoms with Gasteiger partial charge in [0.05, 0.1) is 11.4 Å². The van der Waals surface area contributed by atoms with Crippen LogP contribution in [-0.2, 0) is 14.4 Å². The highest BCUT2D eigenvalue weighted by molar-refractivity contribution is 7.99. The Hall–Kier alpha value is -1.28. The zero-order valence-corrected chi connectivity index (χ0v) is 14.9. The minimum Gasteiger partial charge on any atom is -0.368 e. The van der Waals surface area contributed by atoms with Crippen LogP contribution >= 0.6 is 11.8 Å². The molecule has 2 saturated heterocycles. The normalized spacial score (nSPS) is 31.2. The van der Waals surface area contributed by atoms with Crippen molar-refractivity contribution in [1.29, 1.82) is 0 Å². The topological polar surface area (TPSA) is 105 Å². The fourth-order valence-corrected chi connectivity index (χ4v) is 4.90. The van der Waals surface area contributed by atoms with Crippen molar-refractivity contribution >= 4 is 29.5 Å². The van der Waals surface area contributed by atoms with Gasteiger partial charge in [-0.2, -0.15) is 0 Å². The molecule has 2 fully saturated rings. The number of hydrogen-bond donors (Lipinski definition) is 3. The van der Waals surface area contributed by atoms with Crippen molar-refractivity contribution in [1.82, 2.24) is 15.5 Å². The molecule has 23 heavy (non-hydrogen) atoms. The van der Waals surface area contributed by atoms with Gasteiger partial charge in [-0.05, 0) is 38.0 Å². The molecule has 2 aliphatic rings. The van der Waals surface area contributed by atoms with E-state index in [-0.39, 0.29) is 28.6 Å². The maximum absolute atomic E-state index is 12.9. The van der Waals surface area contributed by atoms with Gasteiger partial charge < -0.3 is 21.3 Å². The summed E-state index contributed by atoms with van der Waals surface area (Å²) in [6.07, 6.45) is 1.29. The highest BCUT2D eigenvalue weighted by Gasteiger charge is 2.53. The van der Waals surface area contributed by atoms with Crippen LogP contribution in [0.3, 0.4) is 0 Å². The van der Waals surface area contributed by atoms with E-state index in [4.69, 9.17) is 5.73 Å². The van der Waals surface area contributed by atoms with Crippen LogP contribution in [-0.4, -0.2) is 58.9 Å². The lowest BCUT2D eigenvalue weighted by molar-refractivity contribution is -0.142. The molecule has 2 aliphatic heterocycles. The number of thioether (sulfide) groups is 1. The molecule has 0 saturated carbocycles. The Morgan fingerprint density at radius 3 is 2.65 bits per heavy atom. The Balaban J connectivity index is 2.23. The van der Waals surface area contributed by atoms with Gasteiger partial charge in [0.1, 0.15) is 12.1 Å². The Kier molecular flexibility index (Phi) is 5.25. The first kappa shape index (κ1) is 18.1. The van der Waals surface area contributed by atoms with Crippen LogP contribution in [0.15, 0.2) is 0 Å². The zero-order chi connectivity index (χ0) is 17.4. The van der Waals surface area contributed by atoms with E-state index in [9.17, 15) is 14.4 Å². The smallest absolute Gasteiger partial charge is 0.246 e. The number of carbonyl (C=O) groups is 3. The van der Waals surface area contributed by atoms with Crippen molar-refractivity contribution in [2.75, 3.05) is 12.8 Å². The first-order chi connectivity index (χ1) is 10.7. The van der Waals surface area contributed by atoms with Crippen molar-refractivity contribution in [3.63, 3.8) is 0 Å². The number of rotatable bonds is 4. The van der Waals surface area contributed by atoms with Crippen LogP contribution in [0.5, 0.6) is 0 Å². The van der Waals surface area contributed by atoms with Gasteiger partial charge in [0.15, 0.2) is 0 Å². The predicted octanol–water partition coefficient (Wildman–Crippen LogP) is -0.345. The number of nitrogens with two attached hydrogens (primary N) is 1.